The molecule has 3 heteroatoms. The van der Waals surface area contributed by atoms with Crippen LogP contribution >= 0.6 is 11.6 Å². The van der Waals surface area contributed by atoms with Crippen molar-refractivity contribution in [1.82, 2.24) is 5.32 Å². The molecule has 0 atom stereocenters. The van der Waals surface area contributed by atoms with Gasteiger partial charge in [0.05, 0.1) is 0 Å². The van der Waals surface area contributed by atoms with Crippen molar-refractivity contribution in [3.8, 4) is 0 Å². The molecule has 0 aliphatic heterocycles. The van der Waals surface area contributed by atoms with E-state index in [1.54, 1.807) is 6.07 Å². The Labute approximate surface area is 132 Å². The highest BCUT2D eigenvalue weighted by Crippen LogP contribution is 2.61. The van der Waals surface area contributed by atoms with E-state index in [1.165, 1.54) is 57.4 Å². The zero-order valence-electron chi connectivity index (χ0n) is 12.9. The molecular weight excluding hydrogens is 285 g/mol. The fraction of sp³-hybridized carbons (Fsp3) is 0.667. The van der Waals surface area contributed by atoms with Crippen LogP contribution in [0.3, 0.4) is 0 Å². The highest BCUT2D eigenvalue weighted by atomic mass is 35.5. The summed E-state index contributed by atoms with van der Waals surface area (Å²) in [5.41, 5.74) is 1.75. The van der Waals surface area contributed by atoms with E-state index in [-0.39, 0.29) is 11.2 Å². The second-order valence-corrected chi connectivity index (χ2v) is 7.61. The maximum Gasteiger partial charge on any atom is 0.124 e. The van der Waals surface area contributed by atoms with Gasteiger partial charge >= 0.3 is 0 Å². The zero-order valence-corrected chi connectivity index (χ0v) is 13.6. The molecule has 21 heavy (non-hydrogen) atoms. The van der Waals surface area contributed by atoms with Gasteiger partial charge in [-0.1, -0.05) is 43.4 Å². The molecule has 3 rings (SSSR count). The van der Waals surface area contributed by atoms with Gasteiger partial charge in [-0.3, -0.25) is 0 Å². The predicted octanol–water partition coefficient (Wildman–Crippen LogP) is 5.07. The van der Waals surface area contributed by atoms with E-state index < -0.39 is 0 Å². The van der Waals surface area contributed by atoms with Crippen molar-refractivity contribution in [3.05, 3.63) is 34.6 Å². The molecule has 0 saturated heterocycles. The van der Waals surface area contributed by atoms with Crippen molar-refractivity contribution >= 4 is 11.6 Å². The number of rotatable bonds is 3. The topological polar surface area (TPSA) is 12.0 Å². The van der Waals surface area contributed by atoms with E-state index in [2.05, 4.69) is 5.32 Å². The minimum atomic E-state index is -0.244. The van der Waals surface area contributed by atoms with E-state index in [4.69, 9.17) is 11.6 Å². The van der Waals surface area contributed by atoms with E-state index >= 15 is 0 Å². The Balaban J connectivity index is 1.85. The molecule has 0 heterocycles. The SMILES string of the molecule is CNCC1(c2ccc(F)cc2Cl)CC2(CCCCCC2)C1. The number of hydrogen-bond acceptors (Lipinski definition) is 1. The van der Waals surface area contributed by atoms with Crippen LogP contribution in [0.15, 0.2) is 18.2 Å². The summed E-state index contributed by atoms with van der Waals surface area (Å²) in [5, 5.41) is 3.93. The summed E-state index contributed by atoms with van der Waals surface area (Å²) >= 11 is 6.35. The van der Waals surface area contributed by atoms with Crippen molar-refractivity contribution in [2.75, 3.05) is 13.6 Å². The van der Waals surface area contributed by atoms with Crippen molar-refractivity contribution in [3.63, 3.8) is 0 Å². The van der Waals surface area contributed by atoms with Gasteiger partial charge in [0.1, 0.15) is 5.82 Å². The van der Waals surface area contributed by atoms with Gasteiger partial charge < -0.3 is 5.32 Å². The van der Waals surface area contributed by atoms with Crippen molar-refractivity contribution < 1.29 is 4.39 Å². The maximum absolute atomic E-state index is 13.3. The van der Waals surface area contributed by atoms with Crippen molar-refractivity contribution in [2.45, 2.75) is 56.8 Å². The van der Waals surface area contributed by atoms with Crippen LogP contribution in [0.1, 0.15) is 56.9 Å². The van der Waals surface area contributed by atoms with Gasteiger partial charge in [0.15, 0.2) is 0 Å². The van der Waals surface area contributed by atoms with Crippen LogP contribution in [0, 0.1) is 11.2 Å². The van der Waals surface area contributed by atoms with E-state index in [0.29, 0.717) is 10.4 Å². The Kier molecular flexibility index (Phi) is 4.29. The Morgan fingerprint density at radius 2 is 1.81 bits per heavy atom. The summed E-state index contributed by atoms with van der Waals surface area (Å²) < 4.78 is 13.3. The molecule has 0 bridgehead atoms. The normalized spacial score (nSPS) is 23.6. The largest absolute Gasteiger partial charge is 0.319 e. The Bertz CT molecular complexity index is 498. The summed E-state index contributed by atoms with van der Waals surface area (Å²) in [6.45, 7) is 0.931. The molecule has 1 aromatic rings. The maximum atomic E-state index is 13.3. The number of hydrogen-bond donors (Lipinski definition) is 1. The van der Waals surface area contributed by atoms with Gasteiger partial charge in [0.2, 0.25) is 0 Å². The first-order valence-electron chi connectivity index (χ1n) is 8.19. The molecule has 0 radical (unpaired) electrons. The zero-order chi connectivity index (χ0) is 14.9. The van der Waals surface area contributed by atoms with Crippen LogP contribution < -0.4 is 5.32 Å². The summed E-state index contributed by atoms with van der Waals surface area (Å²) in [6, 6.07) is 4.92. The molecule has 0 unspecified atom stereocenters. The molecule has 116 valence electrons. The Morgan fingerprint density at radius 3 is 2.38 bits per heavy atom. The van der Waals surface area contributed by atoms with Crippen molar-refractivity contribution in [1.29, 1.82) is 0 Å². The average Bonchev–Trinajstić information content (AvgIpc) is 2.64. The second-order valence-electron chi connectivity index (χ2n) is 7.20. The molecule has 2 aliphatic carbocycles. The summed E-state index contributed by atoms with van der Waals surface area (Å²) in [4.78, 5) is 0. The van der Waals surface area contributed by atoms with Crippen molar-refractivity contribution in [2.24, 2.45) is 5.41 Å². The lowest BCUT2D eigenvalue weighted by atomic mass is 9.48. The predicted molar refractivity (Wildman–Crippen MR) is 86.4 cm³/mol. The third kappa shape index (κ3) is 2.85. The summed E-state index contributed by atoms with van der Waals surface area (Å²) in [7, 11) is 2.00. The smallest absolute Gasteiger partial charge is 0.124 e. The lowest BCUT2D eigenvalue weighted by Gasteiger charge is -2.57. The van der Waals surface area contributed by atoms with E-state index in [1.807, 2.05) is 13.1 Å². The third-order valence-corrected chi connectivity index (χ3v) is 5.92. The number of halogens is 2. The highest BCUT2D eigenvalue weighted by molar-refractivity contribution is 6.31. The van der Waals surface area contributed by atoms with Crippen LogP contribution in [-0.4, -0.2) is 13.6 Å². The van der Waals surface area contributed by atoms with Crippen LogP contribution in [0.4, 0.5) is 4.39 Å². The first kappa shape index (κ1) is 15.3. The van der Waals surface area contributed by atoms with Gasteiger partial charge in [-0.05, 0) is 55.8 Å². The first-order valence-corrected chi connectivity index (χ1v) is 8.57. The van der Waals surface area contributed by atoms with Crippen LogP contribution in [0.2, 0.25) is 5.02 Å². The molecule has 1 spiro atoms. The van der Waals surface area contributed by atoms with Crippen LogP contribution in [0.5, 0.6) is 0 Å². The average molecular weight is 310 g/mol. The Morgan fingerprint density at radius 1 is 1.14 bits per heavy atom. The van der Waals surface area contributed by atoms with Crippen LogP contribution in [0.25, 0.3) is 0 Å². The van der Waals surface area contributed by atoms with Gasteiger partial charge in [-0.2, -0.15) is 0 Å². The fourth-order valence-electron chi connectivity index (χ4n) is 4.88. The number of benzene rings is 1. The minimum absolute atomic E-state index is 0.101. The second kappa shape index (κ2) is 5.89. The molecule has 1 nitrogen and oxygen atoms in total. The third-order valence-electron chi connectivity index (χ3n) is 5.61. The molecular formula is C18H25ClFN. The summed E-state index contributed by atoms with van der Waals surface area (Å²) in [6.07, 6.45) is 10.6. The monoisotopic (exact) mass is 309 g/mol. The summed E-state index contributed by atoms with van der Waals surface area (Å²) in [5.74, 6) is -0.244. The quantitative estimate of drug-likeness (QED) is 0.822. The molecule has 1 N–H and O–H groups in total. The molecule has 2 aliphatic rings. The van der Waals surface area contributed by atoms with E-state index in [0.717, 1.165) is 12.1 Å². The molecule has 2 fully saturated rings. The standard InChI is InChI=1S/C18H25ClFN/c1-21-13-18(15-7-6-14(20)10-16(15)19)11-17(12-18)8-4-2-3-5-9-17/h6-7,10,21H,2-5,8-9,11-13H2,1H3. The molecule has 1 aromatic carbocycles. The fourth-order valence-corrected chi connectivity index (χ4v) is 5.25. The van der Waals surface area contributed by atoms with E-state index in [9.17, 15) is 4.39 Å². The first-order chi connectivity index (χ1) is 10.1. The lowest BCUT2D eigenvalue weighted by molar-refractivity contribution is 0.00724. The number of likely N-dealkylation sites (N-methyl/N-ethyl adjacent to an activating group) is 1. The van der Waals surface area contributed by atoms with Gasteiger partial charge in [0, 0.05) is 17.0 Å². The van der Waals surface area contributed by atoms with Gasteiger partial charge in [0.25, 0.3) is 0 Å². The minimum Gasteiger partial charge on any atom is -0.319 e. The van der Waals surface area contributed by atoms with Gasteiger partial charge in [-0.15, -0.1) is 0 Å². The highest BCUT2D eigenvalue weighted by Gasteiger charge is 2.54. The van der Waals surface area contributed by atoms with Gasteiger partial charge in [-0.25, -0.2) is 4.39 Å². The number of nitrogens with one attached hydrogen (secondary N) is 1. The van der Waals surface area contributed by atoms with Crippen LogP contribution in [-0.2, 0) is 5.41 Å². The molecule has 0 aromatic heterocycles. The lowest BCUT2D eigenvalue weighted by Crippen LogP contribution is -2.54. The Hall–Kier alpha value is -0.600. The molecule has 2 saturated carbocycles. The molecule has 0 amide bonds.